The first-order chi connectivity index (χ1) is 13.4. The minimum absolute atomic E-state index is 0.0108. The van der Waals surface area contributed by atoms with Crippen LogP contribution < -0.4 is 10.2 Å². The van der Waals surface area contributed by atoms with Crippen molar-refractivity contribution in [3.05, 3.63) is 69.8 Å². The van der Waals surface area contributed by atoms with Crippen molar-refractivity contribution in [2.75, 3.05) is 7.11 Å². The number of benzene rings is 3. The maximum atomic E-state index is 12.3. The van der Waals surface area contributed by atoms with Crippen LogP contribution in [0.15, 0.2) is 53.6 Å². The summed E-state index contributed by atoms with van der Waals surface area (Å²) < 4.78 is 4.89. The van der Waals surface area contributed by atoms with E-state index in [1.54, 1.807) is 18.2 Å². The number of rotatable bonds is 5. The number of nitrogens with zero attached hydrogens (tertiary/aromatic N) is 2. The molecule has 1 amide bonds. The molecule has 0 heterocycles. The highest BCUT2D eigenvalue weighted by atomic mass is 16.6. The third-order valence-electron chi connectivity index (χ3n) is 4.00. The maximum Gasteiger partial charge on any atom is 0.275 e. The van der Waals surface area contributed by atoms with Crippen LogP contribution >= 0.6 is 0 Å². The molecule has 3 N–H and O–H groups in total. The highest BCUT2D eigenvalue weighted by Gasteiger charge is 2.16. The molecule has 0 bridgehead atoms. The van der Waals surface area contributed by atoms with E-state index < -0.39 is 10.8 Å². The molecule has 0 saturated carbocycles. The molecule has 0 radical (unpaired) electrons. The van der Waals surface area contributed by atoms with Gasteiger partial charge < -0.3 is 14.9 Å². The highest BCUT2D eigenvalue weighted by Crippen LogP contribution is 2.33. The molecule has 0 aliphatic rings. The lowest BCUT2D eigenvalue weighted by Crippen LogP contribution is -2.17. The van der Waals surface area contributed by atoms with Crippen molar-refractivity contribution in [1.82, 2.24) is 5.43 Å². The molecule has 0 unspecified atom stereocenters. The molecular weight excluding hydrogens is 366 g/mol. The van der Waals surface area contributed by atoms with E-state index in [2.05, 4.69) is 10.5 Å². The largest absolute Gasteiger partial charge is 0.507 e. The Kier molecular flexibility index (Phi) is 5.07. The number of nitro benzene ring substituents is 1. The van der Waals surface area contributed by atoms with Gasteiger partial charge in [-0.3, -0.25) is 14.9 Å². The summed E-state index contributed by atoms with van der Waals surface area (Å²) in [5, 5.41) is 36.3. The van der Waals surface area contributed by atoms with Gasteiger partial charge in [0.2, 0.25) is 0 Å². The summed E-state index contributed by atoms with van der Waals surface area (Å²) in [4.78, 5) is 22.6. The maximum absolute atomic E-state index is 12.3. The minimum atomic E-state index is -0.684. The molecule has 3 aromatic rings. The van der Waals surface area contributed by atoms with E-state index in [1.165, 1.54) is 19.2 Å². The average molecular weight is 381 g/mol. The van der Waals surface area contributed by atoms with E-state index in [4.69, 9.17) is 4.74 Å². The van der Waals surface area contributed by atoms with Gasteiger partial charge in [0.25, 0.3) is 11.6 Å². The number of nitro groups is 1. The molecule has 0 aliphatic carbocycles. The Labute approximate surface area is 158 Å². The first-order valence-electron chi connectivity index (χ1n) is 8.01. The Morgan fingerprint density at radius 3 is 2.50 bits per heavy atom. The standard InChI is InChI=1S/C19H15N3O6/c1-28-17-9-14(22(26)27)6-13(18(17)24)10-20-21-19(25)15-7-11-4-2-3-5-12(11)8-16(15)23/h2-10,23-24H,1H3,(H,21,25). The van der Waals surface area contributed by atoms with Gasteiger partial charge in [0.05, 0.1) is 29.9 Å². The lowest BCUT2D eigenvalue weighted by Gasteiger charge is -2.07. The zero-order chi connectivity index (χ0) is 20.3. The minimum Gasteiger partial charge on any atom is -0.507 e. The molecule has 0 aliphatic heterocycles. The van der Waals surface area contributed by atoms with Gasteiger partial charge >= 0.3 is 0 Å². The molecule has 3 rings (SSSR count). The Morgan fingerprint density at radius 1 is 1.18 bits per heavy atom. The van der Waals surface area contributed by atoms with Gasteiger partial charge in [0.1, 0.15) is 5.75 Å². The number of phenolic OH excluding ortho intramolecular Hbond substituents is 2. The van der Waals surface area contributed by atoms with Crippen molar-refractivity contribution < 1.29 is 24.7 Å². The second kappa shape index (κ2) is 7.62. The molecule has 0 saturated heterocycles. The molecule has 142 valence electrons. The first kappa shape index (κ1) is 18.6. The van der Waals surface area contributed by atoms with Crippen LogP contribution in [0.5, 0.6) is 17.2 Å². The van der Waals surface area contributed by atoms with Crippen molar-refractivity contribution in [2.24, 2.45) is 5.10 Å². The molecule has 9 nitrogen and oxygen atoms in total. The number of phenols is 2. The zero-order valence-electron chi connectivity index (χ0n) is 14.6. The molecule has 0 spiro atoms. The third kappa shape index (κ3) is 3.68. The number of hydrazone groups is 1. The summed E-state index contributed by atoms with van der Waals surface area (Å²) in [6.07, 6.45) is 1.04. The highest BCUT2D eigenvalue weighted by molar-refractivity contribution is 6.01. The number of non-ortho nitro benzene ring substituents is 1. The quantitative estimate of drug-likeness (QED) is 0.353. The summed E-state index contributed by atoms with van der Waals surface area (Å²) in [5.74, 6) is -1.36. The average Bonchev–Trinajstić information content (AvgIpc) is 2.68. The number of aromatic hydroxyl groups is 2. The lowest BCUT2D eigenvalue weighted by atomic mass is 10.1. The monoisotopic (exact) mass is 381 g/mol. The van der Waals surface area contributed by atoms with Crippen LogP contribution in [0.3, 0.4) is 0 Å². The number of hydrogen-bond donors (Lipinski definition) is 3. The molecule has 0 atom stereocenters. The van der Waals surface area contributed by atoms with Crippen molar-refractivity contribution in [3.8, 4) is 17.2 Å². The van der Waals surface area contributed by atoms with Gasteiger partial charge in [-0.2, -0.15) is 5.10 Å². The van der Waals surface area contributed by atoms with Crippen LogP contribution in [0.1, 0.15) is 15.9 Å². The molecule has 3 aromatic carbocycles. The summed E-state index contributed by atoms with van der Waals surface area (Å²) in [6.45, 7) is 0. The summed E-state index contributed by atoms with van der Waals surface area (Å²) in [7, 11) is 1.25. The van der Waals surface area contributed by atoms with Crippen LogP contribution in [0.4, 0.5) is 5.69 Å². The lowest BCUT2D eigenvalue weighted by molar-refractivity contribution is -0.385. The second-order valence-corrected chi connectivity index (χ2v) is 5.76. The third-order valence-corrected chi connectivity index (χ3v) is 4.00. The van der Waals surface area contributed by atoms with Gasteiger partial charge in [0.15, 0.2) is 11.5 Å². The first-order valence-corrected chi connectivity index (χ1v) is 8.01. The molecule has 0 fully saturated rings. The van der Waals surface area contributed by atoms with Crippen LogP contribution in [0.25, 0.3) is 10.8 Å². The van der Waals surface area contributed by atoms with Crippen LogP contribution in [-0.2, 0) is 0 Å². The second-order valence-electron chi connectivity index (χ2n) is 5.76. The molecule has 28 heavy (non-hydrogen) atoms. The summed E-state index contributed by atoms with van der Waals surface area (Å²) in [5.41, 5.74) is 1.90. The van der Waals surface area contributed by atoms with E-state index in [1.807, 2.05) is 6.07 Å². The van der Waals surface area contributed by atoms with Crippen molar-refractivity contribution in [3.63, 3.8) is 0 Å². The Balaban J connectivity index is 1.85. The summed E-state index contributed by atoms with van der Waals surface area (Å²) >= 11 is 0. The van der Waals surface area contributed by atoms with E-state index in [0.717, 1.165) is 29.1 Å². The Hall–Kier alpha value is -4.14. The number of ether oxygens (including phenoxy) is 1. The number of hydrogen-bond acceptors (Lipinski definition) is 7. The Bertz CT molecular complexity index is 1110. The SMILES string of the molecule is COc1cc([N+](=O)[O-])cc(C=NNC(=O)c2cc3ccccc3cc2O)c1O. The predicted octanol–water partition coefficient (Wildman–Crippen LogP) is 2.93. The van der Waals surface area contributed by atoms with Crippen LogP contribution in [-0.4, -0.2) is 34.4 Å². The van der Waals surface area contributed by atoms with Crippen LogP contribution in [0.2, 0.25) is 0 Å². The number of nitrogens with one attached hydrogen (secondary N) is 1. The van der Waals surface area contributed by atoms with Gasteiger partial charge in [0, 0.05) is 11.6 Å². The van der Waals surface area contributed by atoms with Crippen molar-refractivity contribution in [2.45, 2.75) is 0 Å². The number of carbonyl (C=O) groups is 1. The van der Waals surface area contributed by atoms with E-state index in [0.29, 0.717) is 0 Å². The van der Waals surface area contributed by atoms with Crippen LogP contribution in [0, 0.1) is 10.1 Å². The van der Waals surface area contributed by atoms with Gasteiger partial charge in [-0.25, -0.2) is 5.43 Å². The Morgan fingerprint density at radius 2 is 1.86 bits per heavy atom. The van der Waals surface area contributed by atoms with Gasteiger partial charge in [-0.05, 0) is 22.9 Å². The molecule has 9 heteroatoms. The fourth-order valence-electron chi connectivity index (χ4n) is 2.60. The van der Waals surface area contributed by atoms with Crippen molar-refractivity contribution in [1.29, 1.82) is 0 Å². The van der Waals surface area contributed by atoms with E-state index in [9.17, 15) is 25.1 Å². The van der Waals surface area contributed by atoms with E-state index >= 15 is 0 Å². The summed E-state index contributed by atoms with van der Waals surface area (Å²) in [6, 6.07) is 12.3. The fourth-order valence-corrected chi connectivity index (χ4v) is 2.60. The molecular formula is C19H15N3O6. The van der Waals surface area contributed by atoms with Gasteiger partial charge in [-0.15, -0.1) is 0 Å². The number of carbonyl (C=O) groups excluding carboxylic acids is 1. The fraction of sp³-hybridized carbons (Fsp3) is 0.0526. The predicted molar refractivity (Wildman–Crippen MR) is 102 cm³/mol. The zero-order valence-corrected chi connectivity index (χ0v) is 14.6. The number of fused-ring (bicyclic) bond motifs is 1. The van der Waals surface area contributed by atoms with Crippen molar-refractivity contribution >= 4 is 28.6 Å². The molecule has 0 aromatic heterocycles. The number of amides is 1. The number of methoxy groups -OCH3 is 1. The smallest absolute Gasteiger partial charge is 0.275 e. The normalized spacial score (nSPS) is 10.9. The van der Waals surface area contributed by atoms with E-state index in [-0.39, 0.29) is 34.1 Å². The van der Waals surface area contributed by atoms with Gasteiger partial charge in [-0.1, -0.05) is 24.3 Å². The topological polar surface area (TPSA) is 134 Å².